The molecule has 1 amide bonds. The van der Waals surface area contributed by atoms with Crippen LogP contribution in [0.2, 0.25) is 5.02 Å². The van der Waals surface area contributed by atoms with Gasteiger partial charge in [0.1, 0.15) is 17.4 Å². The molecule has 144 valence electrons. The Morgan fingerprint density at radius 1 is 1.21 bits per heavy atom. The van der Waals surface area contributed by atoms with E-state index in [1.54, 1.807) is 42.6 Å². The number of anilines is 1. The van der Waals surface area contributed by atoms with Crippen LogP contribution in [0.5, 0.6) is 0 Å². The van der Waals surface area contributed by atoms with Crippen LogP contribution in [0.1, 0.15) is 33.4 Å². The summed E-state index contributed by atoms with van der Waals surface area (Å²) < 4.78 is 20.6. The number of aromatic nitrogens is 1. The first-order valence-corrected chi connectivity index (χ1v) is 9.98. The molecule has 1 aliphatic rings. The first kappa shape index (κ1) is 18.0. The standard InChI is InChI=1S/C21H12ClFN2O3S/c1-10-9-29-21(24-10)25-17(12-4-2-3-5-14(12)23)16-18(26)13-8-11(22)6-7-15(13)28-19(16)20(25)27/h2-9,17H,1H3. The van der Waals surface area contributed by atoms with Crippen LogP contribution in [-0.2, 0) is 0 Å². The van der Waals surface area contributed by atoms with Crippen LogP contribution < -0.4 is 10.3 Å². The van der Waals surface area contributed by atoms with Gasteiger partial charge in [0.25, 0.3) is 5.91 Å². The summed E-state index contributed by atoms with van der Waals surface area (Å²) in [6.07, 6.45) is 0. The van der Waals surface area contributed by atoms with Gasteiger partial charge in [-0.1, -0.05) is 29.8 Å². The third-order valence-corrected chi connectivity index (χ3v) is 6.04. The Hall–Kier alpha value is -3.03. The molecule has 1 aliphatic heterocycles. The molecule has 3 heterocycles. The molecule has 0 aliphatic carbocycles. The van der Waals surface area contributed by atoms with Crippen LogP contribution in [0.15, 0.2) is 57.1 Å². The highest BCUT2D eigenvalue weighted by molar-refractivity contribution is 7.14. The van der Waals surface area contributed by atoms with Crippen molar-refractivity contribution in [2.24, 2.45) is 0 Å². The van der Waals surface area contributed by atoms with Crippen molar-refractivity contribution in [1.29, 1.82) is 0 Å². The summed E-state index contributed by atoms with van der Waals surface area (Å²) in [7, 11) is 0. The minimum absolute atomic E-state index is 0.0859. The van der Waals surface area contributed by atoms with Crippen molar-refractivity contribution in [2.45, 2.75) is 13.0 Å². The summed E-state index contributed by atoms with van der Waals surface area (Å²) in [5.41, 5.74) is 0.832. The second-order valence-corrected chi connectivity index (χ2v) is 7.96. The van der Waals surface area contributed by atoms with Gasteiger partial charge in [-0.15, -0.1) is 11.3 Å². The minimum Gasteiger partial charge on any atom is -0.450 e. The lowest BCUT2D eigenvalue weighted by atomic mass is 9.98. The summed E-state index contributed by atoms with van der Waals surface area (Å²) in [6.45, 7) is 1.80. The predicted octanol–water partition coefficient (Wildman–Crippen LogP) is 5.10. The average Bonchev–Trinajstić information content (AvgIpc) is 3.24. The summed E-state index contributed by atoms with van der Waals surface area (Å²) in [5.74, 6) is -1.16. The molecule has 2 aromatic heterocycles. The van der Waals surface area contributed by atoms with Gasteiger partial charge in [-0.3, -0.25) is 14.5 Å². The Morgan fingerprint density at radius 3 is 2.72 bits per heavy atom. The summed E-state index contributed by atoms with van der Waals surface area (Å²) >= 11 is 7.29. The van der Waals surface area contributed by atoms with Gasteiger partial charge in [-0.05, 0) is 31.2 Å². The molecule has 0 fully saturated rings. The fourth-order valence-electron chi connectivity index (χ4n) is 3.59. The van der Waals surface area contributed by atoms with Gasteiger partial charge in [-0.2, -0.15) is 0 Å². The fraction of sp³-hybridized carbons (Fsp3) is 0.0952. The Morgan fingerprint density at radius 2 is 2.00 bits per heavy atom. The van der Waals surface area contributed by atoms with Crippen molar-refractivity contribution >= 4 is 44.9 Å². The van der Waals surface area contributed by atoms with Gasteiger partial charge in [-0.25, -0.2) is 9.37 Å². The van der Waals surface area contributed by atoms with Gasteiger partial charge < -0.3 is 4.42 Å². The largest absolute Gasteiger partial charge is 0.450 e. The molecule has 0 bridgehead atoms. The van der Waals surface area contributed by atoms with Crippen LogP contribution in [0.25, 0.3) is 11.0 Å². The van der Waals surface area contributed by atoms with Gasteiger partial charge in [0.05, 0.1) is 16.6 Å². The molecule has 5 rings (SSSR count). The number of carbonyl (C=O) groups is 1. The van der Waals surface area contributed by atoms with Crippen LogP contribution in [0, 0.1) is 12.7 Å². The minimum atomic E-state index is -0.983. The van der Waals surface area contributed by atoms with Crippen molar-refractivity contribution in [1.82, 2.24) is 4.98 Å². The Bertz CT molecular complexity index is 1360. The summed E-state index contributed by atoms with van der Waals surface area (Å²) in [4.78, 5) is 32.3. The lowest BCUT2D eigenvalue weighted by molar-refractivity contribution is 0.0970. The van der Waals surface area contributed by atoms with E-state index in [1.165, 1.54) is 28.4 Å². The van der Waals surface area contributed by atoms with E-state index in [9.17, 15) is 14.0 Å². The van der Waals surface area contributed by atoms with E-state index in [0.717, 1.165) is 5.69 Å². The average molecular weight is 427 g/mol. The van der Waals surface area contributed by atoms with Crippen LogP contribution in [-0.4, -0.2) is 10.9 Å². The topological polar surface area (TPSA) is 63.4 Å². The van der Waals surface area contributed by atoms with Gasteiger partial charge in [0.2, 0.25) is 5.76 Å². The number of thiazole rings is 1. The first-order chi connectivity index (χ1) is 14.0. The second kappa shape index (κ2) is 6.50. The quantitative estimate of drug-likeness (QED) is 0.447. The maximum atomic E-state index is 14.8. The molecule has 0 radical (unpaired) electrons. The molecule has 1 atom stereocenters. The number of amides is 1. The second-order valence-electron chi connectivity index (χ2n) is 6.69. The van der Waals surface area contributed by atoms with Crippen molar-refractivity contribution in [3.63, 3.8) is 0 Å². The molecule has 0 N–H and O–H groups in total. The van der Waals surface area contributed by atoms with Gasteiger partial charge in [0.15, 0.2) is 10.6 Å². The Balaban J connectivity index is 1.86. The maximum absolute atomic E-state index is 14.8. The summed E-state index contributed by atoms with van der Waals surface area (Å²) in [5, 5.41) is 2.76. The number of nitrogens with zero attached hydrogens (tertiary/aromatic N) is 2. The molecule has 5 nitrogen and oxygen atoms in total. The zero-order valence-electron chi connectivity index (χ0n) is 15.0. The third kappa shape index (κ3) is 2.69. The van der Waals surface area contributed by atoms with E-state index < -0.39 is 23.2 Å². The summed E-state index contributed by atoms with van der Waals surface area (Å²) in [6, 6.07) is 9.68. The fourth-order valence-corrected chi connectivity index (χ4v) is 4.59. The van der Waals surface area contributed by atoms with Crippen molar-refractivity contribution in [3.05, 3.63) is 91.5 Å². The first-order valence-electron chi connectivity index (χ1n) is 8.72. The molecule has 29 heavy (non-hydrogen) atoms. The number of rotatable bonds is 2. The molecule has 4 aromatic rings. The predicted molar refractivity (Wildman–Crippen MR) is 109 cm³/mol. The van der Waals surface area contributed by atoms with E-state index in [1.807, 2.05) is 0 Å². The number of carbonyl (C=O) groups excluding carboxylic acids is 1. The highest BCUT2D eigenvalue weighted by atomic mass is 35.5. The van der Waals surface area contributed by atoms with Crippen LogP contribution in [0.4, 0.5) is 9.52 Å². The molecular weight excluding hydrogens is 415 g/mol. The molecule has 8 heteroatoms. The normalized spacial score (nSPS) is 15.9. The SMILES string of the molecule is Cc1csc(N2C(=O)c3oc4ccc(Cl)cc4c(=O)c3C2c2ccccc2F)n1. The van der Waals surface area contributed by atoms with Gasteiger partial charge >= 0.3 is 0 Å². The molecule has 1 unspecified atom stereocenters. The molecular formula is C21H12ClFN2O3S. The zero-order valence-corrected chi connectivity index (χ0v) is 16.6. The number of benzene rings is 2. The smallest absolute Gasteiger partial charge is 0.297 e. The highest BCUT2D eigenvalue weighted by Crippen LogP contribution is 2.42. The zero-order chi connectivity index (χ0) is 20.3. The monoisotopic (exact) mass is 426 g/mol. The number of hydrogen-bond donors (Lipinski definition) is 0. The highest BCUT2D eigenvalue weighted by Gasteiger charge is 2.45. The van der Waals surface area contributed by atoms with E-state index in [4.69, 9.17) is 16.0 Å². The molecule has 0 spiro atoms. The molecule has 2 aromatic carbocycles. The van der Waals surface area contributed by atoms with E-state index in [-0.39, 0.29) is 27.9 Å². The molecule has 0 saturated carbocycles. The third-order valence-electron chi connectivity index (χ3n) is 4.84. The van der Waals surface area contributed by atoms with Crippen molar-refractivity contribution < 1.29 is 13.6 Å². The van der Waals surface area contributed by atoms with Crippen molar-refractivity contribution in [2.75, 3.05) is 4.90 Å². The maximum Gasteiger partial charge on any atom is 0.297 e. The Labute approximate surface area is 173 Å². The van der Waals surface area contributed by atoms with E-state index >= 15 is 0 Å². The van der Waals surface area contributed by atoms with Crippen LogP contribution in [0.3, 0.4) is 0 Å². The number of fused-ring (bicyclic) bond motifs is 2. The van der Waals surface area contributed by atoms with Gasteiger partial charge in [0, 0.05) is 16.0 Å². The van der Waals surface area contributed by atoms with Crippen LogP contribution >= 0.6 is 22.9 Å². The van der Waals surface area contributed by atoms with Crippen molar-refractivity contribution in [3.8, 4) is 0 Å². The lowest BCUT2D eigenvalue weighted by Crippen LogP contribution is -2.30. The molecule has 0 saturated heterocycles. The Kier molecular flexibility index (Phi) is 4.04. The lowest BCUT2D eigenvalue weighted by Gasteiger charge is -2.22. The van der Waals surface area contributed by atoms with E-state index in [0.29, 0.717) is 10.2 Å². The number of aryl methyl sites for hydroxylation is 1. The number of halogens is 2. The van der Waals surface area contributed by atoms with E-state index in [2.05, 4.69) is 4.98 Å². The number of hydrogen-bond acceptors (Lipinski definition) is 5.